The number of hydrogen-bond acceptors (Lipinski definition) is 3. The van der Waals surface area contributed by atoms with Gasteiger partial charge in [-0.2, -0.15) is 0 Å². The molecule has 1 saturated heterocycles. The van der Waals surface area contributed by atoms with Crippen LogP contribution in [0.4, 0.5) is 19.3 Å². The van der Waals surface area contributed by atoms with Crippen LogP contribution < -0.4 is 15.4 Å². The van der Waals surface area contributed by atoms with Crippen molar-refractivity contribution in [3.63, 3.8) is 0 Å². The first-order chi connectivity index (χ1) is 15.9. The van der Waals surface area contributed by atoms with Crippen LogP contribution in [0.25, 0.3) is 0 Å². The zero-order chi connectivity index (χ0) is 22.9. The van der Waals surface area contributed by atoms with Gasteiger partial charge in [0, 0.05) is 41.4 Å². The van der Waals surface area contributed by atoms with Crippen molar-refractivity contribution in [3.8, 4) is 11.5 Å². The van der Waals surface area contributed by atoms with Gasteiger partial charge in [0.1, 0.15) is 11.6 Å². The van der Waals surface area contributed by atoms with Gasteiger partial charge in [0.05, 0.1) is 0 Å². The second kappa shape index (κ2) is 9.11. The lowest BCUT2D eigenvalue weighted by atomic mass is 10.0. The SMILES string of the molecule is O=C(Nc1ccc(Oc2ccc(F)cc2)c(F)c1)N1CC(NC2CCc3cc(Br)ccc32)C1. The van der Waals surface area contributed by atoms with Crippen molar-refractivity contribution in [1.29, 1.82) is 0 Å². The first-order valence-corrected chi connectivity index (χ1v) is 11.6. The van der Waals surface area contributed by atoms with E-state index in [1.54, 1.807) is 11.0 Å². The number of likely N-dealkylation sites (tertiary alicyclic amines) is 1. The van der Waals surface area contributed by atoms with Gasteiger partial charge in [0.25, 0.3) is 0 Å². The molecule has 0 radical (unpaired) electrons. The van der Waals surface area contributed by atoms with Gasteiger partial charge in [-0.25, -0.2) is 13.6 Å². The number of nitrogens with zero attached hydrogens (tertiary/aromatic N) is 1. The second-order valence-corrected chi connectivity index (χ2v) is 9.25. The van der Waals surface area contributed by atoms with E-state index in [2.05, 4.69) is 44.8 Å². The maximum atomic E-state index is 14.4. The number of carbonyl (C=O) groups is 1. The molecule has 5 rings (SSSR count). The quantitative estimate of drug-likeness (QED) is 0.439. The largest absolute Gasteiger partial charge is 0.454 e. The molecule has 1 fully saturated rings. The Morgan fingerprint density at radius 1 is 1.03 bits per heavy atom. The van der Waals surface area contributed by atoms with Gasteiger partial charge in [-0.15, -0.1) is 0 Å². The Morgan fingerprint density at radius 3 is 2.58 bits per heavy atom. The summed E-state index contributed by atoms with van der Waals surface area (Å²) in [6.07, 6.45) is 2.11. The minimum atomic E-state index is -0.619. The van der Waals surface area contributed by atoms with Crippen LogP contribution in [0.1, 0.15) is 23.6 Å². The van der Waals surface area contributed by atoms with Gasteiger partial charge in [-0.05, 0) is 72.5 Å². The van der Waals surface area contributed by atoms with Crippen molar-refractivity contribution < 1.29 is 18.3 Å². The van der Waals surface area contributed by atoms with E-state index in [-0.39, 0.29) is 17.8 Å². The molecule has 2 amide bonds. The van der Waals surface area contributed by atoms with E-state index >= 15 is 0 Å². The van der Waals surface area contributed by atoms with Crippen LogP contribution in [0.5, 0.6) is 11.5 Å². The Bertz CT molecular complexity index is 1180. The topological polar surface area (TPSA) is 53.6 Å². The minimum Gasteiger partial charge on any atom is -0.454 e. The fourth-order valence-corrected chi connectivity index (χ4v) is 4.70. The number of benzene rings is 3. The van der Waals surface area contributed by atoms with Crippen LogP contribution in [0.3, 0.4) is 0 Å². The highest BCUT2D eigenvalue weighted by atomic mass is 79.9. The summed E-state index contributed by atoms with van der Waals surface area (Å²) >= 11 is 3.52. The lowest BCUT2D eigenvalue weighted by molar-refractivity contribution is 0.142. The molecule has 1 aliphatic carbocycles. The molecule has 2 aliphatic rings. The minimum absolute atomic E-state index is 0.00306. The van der Waals surface area contributed by atoms with Crippen LogP contribution in [0.2, 0.25) is 0 Å². The predicted octanol–water partition coefficient (Wildman–Crippen LogP) is 6.01. The monoisotopic (exact) mass is 513 g/mol. The van der Waals surface area contributed by atoms with Crippen molar-refractivity contribution in [2.24, 2.45) is 0 Å². The smallest absolute Gasteiger partial charge is 0.321 e. The number of aryl methyl sites for hydroxylation is 1. The third-order valence-electron chi connectivity index (χ3n) is 6.01. The van der Waals surface area contributed by atoms with Crippen molar-refractivity contribution in [3.05, 3.63) is 87.9 Å². The van der Waals surface area contributed by atoms with E-state index in [0.29, 0.717) is 30.6 Å². The Kier molecular flexibility index (Phi) is 6.03. The van der Waals surface area contributed by atoms with Crippen molar-refractivity contribution in [2.75, 3.05) is 18.4 Å². The fourth-order valence-electron chi connectivity index (χ4n) is 4.29. The zero-order valence-electron chi connectivity index (χ0n) is 17.7. The van der Waals surface area contributed by atoms with Crippen molar-refractivity contribution in [1.82, 2.24) is 10.2 Å². The first-order valence-electron chi connectivity index (χ1n) is 10.8. The van der Waals surface area contributed by atoms with Gasteiger partial charge < -0.3 is 20.3 Å². The summed E-state index contributed by atoms with van der Waals surface area (Å²) < 4.78 is 34.0. The van der Waals surface area contributed by atoms with E-state index < -0.39 is 11.6 Å². The van der Waals surface area contributed by atoms with Crippen LogP contribution in [-0.4, -0.2) is 30.1 Å². The molecule has 3 aromatic carbocycles. The highest BCUT2D eigenvalue weighted by Gasteiger charge is 2.34. The summed E-state index contributed by atoms with van der Waals surface area (Å²) in [7, 11) is 0. The van der Waals surface area contributed by atoms with E-state index in [1.807, 2.05) is 0 Å². The lowest BCUT2D eigenvalue weighted by Gasteiger charge is -2.41. The van der Waals surface area contributed by atoms with E-state index in [9.17, 15) is 13.6 Å². The summed E-state index contributed by atoms with van der Waals surface area (Å²) in [4.78, 5) is 14.2. The average Bonchev–Trinajstić information content (AvgIpc) is 3.15. The number of amides is 2. The number of hydrogen-bond donors (Lipinski definition) is 2. The predicted molar refractivity (Wildman–Crippen MR) is 126 cm³/mol. The maximum absolute atomic E-state index is 14.4. The third kappa shape index (κ3) is 4.86. The standard InChI is InChI=1S/C25H22BrF2N3O2/c26-16-2-8-21-15(11-16)1-9-23(21)29-19-13-31(14-19)25(32)30-18-5-10-24(22(28)12-18)33-20-6-3-17(27)4-7-20/h2-8,10-12,19,23,29H,1,9,13-14H2,(H,30,32). The van der Waals surface area contributed by atoms with Crippen LogP contribution in [0.15, 0.2) is 65.1 Å². The average molecular weight is 514 g/mol. The Balaban J connectivity index is 1.12. The lowest BCUT2D eigenvalue weighted by Crippen LogP contribution is -2.61. The maximum Gasteiger partial charge on any atom is 0.321 e. The molecular formula is C25H22BrF2N3O2. The Labute approximate surface area is 198 Å². The summed E-state index contributed by atoms with van der Waals surface area (Å²) in [6.45, 7) is 1.20. The normalized spacial score (nSPS) is 17.4. The van der Waals surface area contributed by atoms with Gasteiger partial charge >= 0.3 is 6.03 Å². The molecule has 5 nitrogen and oxygen atoms in total. The van der Waals surface area contributed by atoms with E-state index in [0.717, 1.165) is 17.3 Å². The number of carbonyl (C=O) groups excluding carboxylic acids is 1. The number of anilines is 1. The van der Waals surface area contributed by atoms with Crippen LogP contribution in [0, 0.1) is 11.6 Å². The number of urea groups is 1. The number of halogens is 3. The number of fused-ring (bicyclic) bond motifs is 1. The molecule has 2 N–H and O–H groups in total. The Hall–Kier alpha value is -2.97. The summed E-state index contributed by atoms with van der Waals surface area (Å²) in [5, 5.41) is 6.37. The second-order valence-electron chi connectivity index (χ2n) is 8.33. The van der Waals surface area contributed by atoms with Crippen LogP contribution >= 0.6 is 15.9 Å². The highest BCUT2D eigenvalue weighted by molar-refractivity contribution is 9.10. The molecule has 8 heteroatoms. The zero-order valence-corrected chi connectivity index (χ0v) is 19.2. The number of nitrogens with one attached hydrogen (secondary N) is 2. The molecule has 0 aromatic heterocycles. The van der Waals surface area contributed by atoms with Gasteiger partial charge in [-0.3, -0.25) is 0 Å². The molecule has 33 heavy (non-hydrogen) atoms. The summed E-state index contributed by atoms with van der Waals surface area (Å²) in [6, 6.07) is 16.2. The van der Waals surface area contributed by atoms with Crippen LogP contribution in [-0.2, 0) is 6.42 Å². The molecule has 1 unspecified atom stereocenters. The molecule has 0 saturated carbocycles. The molecule has 1 aliphatic heterocycles. The Morgan fingerprint density at radius 2 is 1.82 bits per heavy atom. The summed E-state index contributed by atoms with van der Waals surface area (Å²) in [5.41, 5.74) is 3.04. The number of ether oxygens (including phenoxy) is 1. The first kappa shape index (κ1) is 21.9. The highest BCUT2D eigenvalue weighted by Crippen LogP contribution is 2.34. The van der Waals surface area contributed by atoms with Gasteiger partial charge in [0.15, 0.2) is 11.6 Å². The van der Waals surface area contributed by atoms with Crippen molar-refractivity contribution >= 4 is 27.6 Å². The summed E-state index contributed by atoms with van der Waals surface area (Å²) in [5.74, 6) is -0.696. The molecule has 170 valence electrons. The molecule has 1 atom stereocenters. The van der Waals surface area contributed by atoms with Crippen molar-refractivity contribution in [2.45, 2.75) is 24.9 Å². The fraction of sp³-hybridized carbons (Fsp3) is 0.240. The van der Waals surface area contributed by atoms with Gasteiger partial charge in [0.2, 0.25) is 0 Å². The molecular weight excluding hydrogens is 492 g/mol. The molecule has 0 bridgehead atoms. The molecule has 3 aromatic rings. The van der Waals surface area contributed by atoms with Gasteiger partial charge in [-0.1, -0.05) is 22.0 Å². The molecule has 1 heterocycles. The van der Waals surface area contributed by atoms with E-state index in [1.165, 1.54) is 47.5 Å². The van der Waals surface area contributed by atoms with E-state index in [4.69, 9.17) is 4.74 Å². The number of rotatable bonds is 5. The third-order valence-corrected chi connectivity index (χ3v) is 6.51. The molecule has 0 spiro atoms.